The Bertz CT molecular complexity index is 605. The van der Waals surface area contributed by atoms with E-state index < -0.39 is 11.9 Å². The van der Waals surface area contributed by atoms with Crippen molar-refractivity contribution in [3.05, 3.63) is 28.3 Å². The molecular weight excluding hydrogens is 332 g/mol. The molecule has 5 heteroatoms. The molecule has 0 bridgehead atoms. The van der Waals surface area contributed by atoms with Gasteiger partial charge >= 0.3 is 11.9 Å². The minimum Gasteiger partial charge on any atom is -0.495 e. The Morgan fingerprint density at radius 2 is 1.08 bits per heavy atom. The van der Waals surface area contributed by atoms with Crippen LogP contribution in [0.15, 0.2) is 6.07 Å². The van der Waals surface area contributed by atoms with Gasteiger partial charge in [-0.2, -0.15) is 0 Å². The molecule has 0 saturated carbocycles. The van der Waals surface area contributed by atoms with Gasteiger partial charge in [0.25, 0.3) is 0 Å². The zero-order chi connectivity index (χ0) is 20.2. The van der Waals surface area contributed by atoms with Crippen LogP contribution in [0.3, 0.4) is 0 Å². The quantitative estimate of drug-likeness (QED) is 0.632. The van der Waals surface area contributed by atoms with Gasteiger partial charge in [-0.05, 0) is 50.7 Å². The Hall–Kier alpha value is -2.04. The van der Waals surface area contributed by atoms with Crippen LogP contribution < -0.4 is 4.74 Å². The first-order chi connectivity index (χ1) is 12.0. The monoisotopic (exact) mass is 364 g/mol. The fourth-order valence-electron chi connectivity index (χ4n) is 2.78. The fraction of sp³-hybridized carbons (Fsp3) is 0.619. The summed E-state index contributed by atoms with van der Waals surface area (Å²) in [7, 11) is 1.46. The van der Waals surface area contributed by atoms with Crippen molar-refractivity contribution in [1.29, 1.82) is 0 Å². The highest BCUT2D eigenvalue weighted by Crippen LogP contribution is 2.38. The lowest BCUT2D eigenvalue weighted by molar-refractivity contribution is 0.0368. The number of carbonyl (C=O) groups is 2. The van der Waals surface area contributed by atoms with E-state index >= 15 is 0 Å². The lowest BCUT2D eigenvalue weighted by Crippen LogP contribution is -2.21. The largest absolute Gasteiger partial charge is 0.495 e. The fourth-order valence-corrected chi connectivity index (χ4v) is 2.78. The van der Waals surface area contributed by atoms with Gasteiger partial charge in [-0.25, -0.2) is 9.59 Å². The van der Waals surface area contributed by atoms with E-state index in [4.69, 9.17) is 14.2 Å². The number of methoxy groups -OCH3 is 1. The van der Waals surface area contributed by atoms with Gasteiger partial charge in [0.05, 0.1) is 19.3 Å². The van der Waals surface area contributed by atoms with Crippen molar-refractivity contribution in [2.24, 2.45) is 0 Å². The smallest absolute Gasteiger partial charge is 0.342 e. The highest BCUT2D eigenvalue weighted by Gasteiger charge is 2.31. The number of rotatable bonds is 7. The Morgan fingerprint density at radius 1 is 0.731 bits per heavy atom. The molecule has 0 unspecified atom stereocenters. The zero-order valence-corrected chi connectivity index (χ0v) is 17.4. The highest BCUT2D eigenvalue weighted by molar-refractivity contribution is 6.02. The van der Waals surface area contributed by atoms with E-state index in [1.54, 1.807) is 27.7 Å². The molecule has 0 aromatic heterocycles. The number of carbonyl (C=O) groups excluding carboxylic acids is 2. The van der Waals surface area contributed by atoms with Gasteiger partial charge in [0.15, 0.2) is 0 Å². The summed E-state index contributed by atoms with van der Waals surface area (Å²) in [5, 5.41) is 0. The first kappa shape index (κ1) is 22.0. The molecule has 0 saturated heterocycles. The van der Waals surface area contributed by atoms with E-state index in [0.29, 0.717) is 11.1 Å². The van der Waals surface area contributed by atoms with Crippen molar-refractivity contribution in [3.63, 3.8) is 0 Å². The first-order valence-electron chi connectivity index (χ1n) is 9.17. The molecule has 26 heavy (non-hydrogen) atoms. The van der Waals surface area contributed by atoms with Crippen LogP contribution >= 0.6 is 0 Å². The summed E-state index contributed by atoms with van der Waals surface area (Å²) < 4.78 is 16.4. The summed E-state index contributed by atoms with van der Waals surface area (Å²) in [6.45, 7) is 15.1. The average molecular weight is 364 g/mol. The van der Waals surface area contributed by atoms with Gasteiger partial charge in [0, 0.05) is 0 Å². The molecule has 0 spiro atoms. The highest BCUT2D eigenvalue weighted by atomic mass is 16.6. The molecule has 0 heterocycles. The lowest BCUT2D eigenvalue weighted by Gasteiger charge is -2.24. The molecule has 0 fully saturated rings. The number of hydrogen-bond donors (Lipinski definition) is 0. The van der Waals surface area contributed by atoms with E-state index in [1.165, 1.54) is 7.11 Å². The summed E-state index contributed by atoms with van der Waals surface area (Å²) >= 11 is 0. The van der Waals surface area contributed by atoms with E-state index in [-0.39, 0.29) is 29.8 Å². The van der Waals surface area contributed by atoms with Gasteiger partial charge in [0.1, 0.15) is 16.9 Å². The molecule has 0 atom stereocenters. The maximum Gasteiger partial charge on any atom is 0.342 e. The summed E-state index contributed by atoms with van der Waals surface area (Å²) in [4.78, 5) is 25.6. The maximum atomic E-state index is 12.8. The topological polar surface area (TPSA) is 61.8 Å². The third-order valence-corrected chi connectivity index (χ3v) is 3.88. The molecule has 0 aliphatic rings. The molecule has 0 N–H and O–H groups in total. The van der Waals surface area contributed by atoms with Crippen molar-refractivity contribution >= 4 is 11.9 Å². The second kappa shape index (κ2) is 9.06. The minimum absolute atomic E-state index is 0.0614. The normalized spacial score (nSPS) is 11.4. The average Bonchev–Trinajstić information content (AvgIpc) is 2.50. The Morgan fingerprint density at radius 3 is 1.31 bits per heavy atom. The Kier molecular flexibility index (Phi) is 7.67. The van der Waals surface area contributed by atoms with Crippen LogP contribution in [-0.4, -0.2) is 31.3 Å². The van der Waals surface area contributed by atoms with Gasteiger partial charge in [-0.3, -0.25) is 0 Å². The van der Waals surface area contributed by atoms with Crippen LogP contribution in [-0.2, 0) is 9.47 Å². The molecule has 5 nitrogen and oxygen atoms in total. The predicted octanol–water partition coefficient (Wildman–Crippen LogP) is 5.07. The first-order valence-corrected chi connectivity index (χ1v) is 9.17. The van der Waals surface area contributed by atoms with E-state index in [2.05, 4.69) is 0 Å². The zero-order valence-electron chi connectivity index (χ0n) is 17.4. The molecule has 1 aromatic carbocycles. The minimum atomic E-state index is -0.491. The number of ether oxygens (including phenoxy) is 3. The van der Waals surface area contributed by atoms with Gasteiger partial charge < -0.3 is 14.2 Å². The van der Waals surface area contributed by atoms with Crippen molar-refractivity contribution in [1.82, 2.24) is 0 Å². The van der Waals surface area contributed by atoms with Crippen molar-refractivity contribution in [2.75, 3.05) is 7.11 Å². The van der Waals surface area contributed by atoms with Crippen LogP contribution in [0, 0.1) is 0 Å². The van der Waals surface area contributed by atoms with Crippen LogP contribution in [0.2, 0.25) is 0 Å². The molecular formula is C21H32O5. The third-order valence-electron chi connectivity index (χ3n) is 3.88. The third kappa shape index (κ3) is 4.99. The van der Waals surface area contributed by atoms with E-state index in [9.17, 15) is 9.59 Å². The molecule has 0 aliphatic heterocycles. The lowest BCUT2D eigenvalue weighted by atomic mass is 9.86. The summed E-state index contributed by atoms with van der Waals surface area (Å²) in [6.07, 6.45) is -0.550. The van der Waals surface area contributed by atoms with Crippen molar-refractivity contribution in [2.45, 2.75) is 79.4 Å². The van der Waals surface area contributed by atoms with E-state index in [1.807, 2.05) is 33.8 Å². The van der Waals surface area contributed by atoms with E-state index in [0.717, 1.165) is 11.1 Å². The standard InChI is InChI=1S/C21H32O5/c1-11(2)15-10-16(12(3)4)18(21(23)26-14(7)8)19(24-9)17(15)20(22)25-13(5)6/h10-14H,1-9H3. The van der Waals surface area contributed by atoms with Crippen LogP contribution in [0.25, 0.3) is 0 Å². The van der Waals surface area contributed by atoms with Crippen LogP contribution in [0.5, 0.6) is 5.75 Å². The summed E-state index contributed by atoms with van der Waals surface area (Å²) in [5.41, 5.74) is 2.21. The maximum absolute atomic E-state index is 12.8. The summed E-state index contributed by atoms with van der Waals surface area (Å²) in [5.74, 6) is -0.627. The second-order valence-corrected chi connectivity index (χ2v) is 7.56. The second-order valence-electron chi connectivity index (χ2n) is 7.56. The molecule has 0 radical (unpaired) electrons. The van der Waals surface area contributed by atoms with Gasteiger partial charge in [-0.1, -0.05) is 33.8 Å². The van der Waals surface area contributed by atoms with Gasteiger partial charge in [0.2, 0.25) is 0 Å². The molecule has 146 valence electrons. The van der Waals surface area contributed by atoms with Crippen LogP contribution in [0.4, 0.5) is 0 Å². The predicted molar refractivity (Wildman–Crippen MR) is 102 cm³/mol. The molecule has 1 aromatic rings. The summed E-state index contributed by atoms with van der Waals surface area (Å²) in [6, 6.07) is 1.91. The Labute approximate surface area is 157 Å². The number of esters is 2. The Balaban J connectivity index is 3.81. The van der Waals surface area contributed by atoms with Crippen LogP contribution in [0.1, 0.15) is 99.1 Å². The van der Waals surface area contributed by atoms with Gasteiger partial charge in [-0.15, -0.1) is 0 Å². The van der Waals surface area contributed by atoms with Crippen molar-refractivity contribution in [3.8, 4) is 5.75 Å². The number of benzene rings is 1. The number of hydrogen-bond acceptors (Lipinski definition) is 5. The molecule has 1 rings (SSSR count). The molecule has 0 aliphatic carbocycles. The SMILES string of the molecule is COc1c(C(=O)OC(C)C)c(C(C)C)cc(C(C)C)c1C(=O)OC(C)C. The van der Waals surface area contributed by atoms with Crippen molar-refractivity contribution < 1.29 is 23.8 Å². The molecule has 0 amide bonds.